The zero-order chi connectivity index (χ0) is 15.2. The zero-order valence-electron chi connectivity index (χ0n) is 12.8. The van der Waals surface area contributed by atoms with Crippen LogP contribution in [0.3, 0.4) is 0 Å². The first-order chi connectivity index (χ1) is 10.1. The van der Waals surface area contributed by atoms with E-state index in [-0.39, 0.29) is 5.91 Å². The summed E-state index contributed by atoms with van der Waals surface area (Å²) in [7, 11) is 1.73. The fourth-order valence-electron chi connectivity index (χ4n) is 2.46. The largest absolute Gasteiger partial charge is 0.390 e. The van der Waals surface area contributed by atoms with Crippen molar-refractivity contribution in [2.45, 2.75) is 13.0 Å². The Morgan fingerprint density at radius 3 is 2.57 bits per heavy atom. The number of aryl methyl sites for hydroxylation is 1. The molecule has 0 saturated carbocycles. The second-order valence-electron chi connectivity index (χ2n) is 5.62. The van der Waals surface area contributed by atoms with Gasteiger partial charge in [0.15, 0.2) is 0 Å². The molecule has 5 heteroatoms. The van der Waals surface area contributed by atoms with E-state index in [4.69, 9.17) is 4.74 Å². The maximum absolute atomic E-state index is 12.3. The van der Waals surface area contributed by atoms with Gasteiger partial charge in [-0.25, -0.2) is 0 Å². The summed E-state index contributed by atoms with van der Waals surface area (Å²) >= 11 is 0. The summed E-state index contributed by atoms with van der Waals surface area (Å²) in [5.74, 6) is -0.0592. The highest BCUT2D eigenvalue weighted by Gasteiger charge is 2.19. The maximum Gasteiger partial charge on any atom is 0.253 e. The highest BCUT2D eigenvalue weighted by Crippen LogP contribution is 2.07. The number of rotatable bonds is 5. The summed E-state index contributed by atoms with van der Waals surface area (Å²) in [5.41, 5.74) is 1.78. The number of aliphatic hydroxyl groups is 1. The summed E-state index contributed by atoms with van der Waals surface area (Å²) in [6, 6.07) is 7.49. The third kappa shape index (κ3) is 4.81. The molecule has 1 atom stereocenters. The van der Waals surface area contributed by atoms with Gasteiger partial charge in [-0.05, 0) is 19.1 Å². The Labute approximate surface area is 126 Å². The molecule has 0 aliphatic carbocycles. The number of β-amino-alcohol motifs (C(OH)–C–C–N with tert-alkyl or cyclic N) is 1. The van der Waals surface area contributed by atoms with Crippen LogP contribution < -0.4 is 0 Å². The average molecular weight is 292 g/mol. The van der Waals surface area contributed by atoms with Crippen LogP contribution in [0, 0.1) is 6.92 Å². The van der Waals surface area contributed by atoms with Gasteiger partial charge in [0.1, 0.15) is 0 Å². The first-order valence-electron chi connectivity index (χ1n) is 7.36. The van der Waals surface area contributed by atoms with Crippen LogP contribution in [-0.4, -0.2) is 73.4 Å². The third-order valence-corrected chi connectivity index (χ3v) is 3.70. The van der Waals surface area contributed by atoms with E-state index < -0.39 is 6.10 Å². The molecule has 1 amide bonds. The topological polar surface area (TPSA) is 53.0 Å². The van der Waals surface area contributed by atoms with E-state index in [1.54, 1.807) is 11.9 Å². The third-order valence-electron chi connectivity index (χ3n) is 3.70. The van der Waals surface area contributed by atoms with Gasteiger partial charge in [-0.15, -0.1) is 0 Å². The first-order valence-corrected chi connectivity index (χ1v) is 7.36. The molecule has 1 fully saturated rings. The first kappa shape index (κ1) is 15.9. The Kier molecular flexibility index (Phi) is 5.73. The highest BCUT2D eigenvalue weighted by molar-refractivity contribution is 5.94. The molecule has 1 saturated heterocycles. The molecule has 5 nitrogen and oxygen atoms in total. The van der Waals surface area contributed by atoms with Crippen LogP contribution in [0.15, 0.2) is 24.3 Å². The molecule has 1 aromatic carbocycles. The molecule has 0 aromatic heterocycles. The van der Waals surface area contributed by atoms with Crippen molar-refractivity contribution in [2.24, 2.45) is 0 Å². The average Bonchev–Trinajstić information content (AvgIpc) is 2.48. The molecule has 1 heterocycles. The Morgan fingerprint density at radius 1 is 1.33 bits per heavy atom. The summed E-state index contributed by atoms with van der Waals surface area (Å²) in [6.07, 6.45) is -0.539. The molecule has 1 unspecified atom stereocenters. The number of amides is 1. The number of likely N-dealkylation sites (N-methyl/N-ethyl adjacent to an activating group) is 1. The SMILES string of the molecule is Cc1ccc(C(=O)N(C)CC(O)CN2CCOCC2)cc1. The molecule has 1 aromatic rings. The quantitative estimate of drug-likeness (QED) is 0.870. The minimum Gasteiger partial charge on any atom is -0.390 e. The van der Waals surface area contributed by atoms with Gasteiger partial charge in [0.05, 0.1) is 19.3 Å². The lowest BCUT2D eigenvalue weighted by Gasteiger charge is -2.30. The van der Waals surface area contributed by atoms with Crippen LogP contribution in [0.4, 0.5) is 0 Å². The fraction of sp³-hybridized carbons (Fsp3) is 0.562. The number of hydrogen-bond acceptors (Lipinski definition) is 4. The molecule has 0 bridgehead atoms. The number of ether oxygens (including phenoxy) is 1. The second-order valence-corrected chi connectivity index (χ2v) is 5.62. The Hall–Kier alpha value is -1.43. The molecule has 21 heavy (non-hydrogen) atoms. The number of hydrogen-bond donors (Lipinski definition) is 1. The van der Waals surface area contributed by atoms with Gasteiger partial charge in [-0.2, -0.15) is 0 Å². The number of morpholine rings is 1. The number of carbonyl (C=O) groups excluding carboxylic acids is 1. The Morgan fingerprint density at radius 2 is 1.95 bits per heavy atom. The van der Waals surface area contributed by atoms with Gasteiger partial charge in [0.25, 0.3) is 5.91 Å². The molecule has 0 radical (unpaired) electrons. The van der Waals surface area contributed by atoms with E-state index in [0.717, 1.165) is 18.7 Å². The van der Waals surface area contributed by atoms with E-state index in [1.807, 2.05) is 31.2 Å². The van der Waals surface area contributed by atoms with Crippen LogP contribution in [0.2, 0.25) is 0 Å². The summed E-state index contributed by atoms with van der Waals surface area (Å²) in [4.78, 5) is 16.0. The van der Waals surface area contributed by atoms with Crippen molar-refractivity contribution >= 4 is 5.91 Å². The lowest BCUT2D eigenvalue weighted by molar-refractivity contribution is 0.00879. The monoisotopic (exact) mass is 292 g/mol. The van der Waals surface area contributed by atoms with E-state index in [1.165, 1.54) is 0 Å². The van der Waals surface area contributed by atoms with Crippen LogP contribution in [0.25, 0.3) is 0 Å². The van der Waals surface area contributed by atoms with Crippen molar-refractivity contribution < 1.29 is 14.6 Å². The predicted octanol–water partition coefficient (Wildman–Crippen LogP) is 0.760. The van der Waals surface area contributed by atoms with Crippen LogP contribution in [-0.2, 0) is 4.74 Å². The number of aliphatic hydroxyl groups excluding tert-OH is 1. The van der Waals surface area contributed by atoms with Crippen molar-refractivity contribution in [3.63, 3.8) is 0 Å². The van der Waals surface area contributed by atoms with E-state index in [9.17, 15) is 9.90 Å². The van der Waals surface area contributed by atoms with Crippen molar-refractivity contribution in [3.05, 3.63) is 35.4 Å². The van der Waals surface area contributed by atoms with Gasteiger partial charge in [-0.3, -0.25) is 9.69 Å². The predicted molar refractivity (Wildman–Crippen MR) is 81.4 cm³/mol. The van der Waals surface area contributed by atoms with Crippen LogP contribution in [0.1, 0.15) is 15.9 Å². The maximum atomic E-state index is 12.3. The van der Waals surface area contributed by atoms with Gasteiger partial charge < -0.3 is 14.7 Å². The van der Waals surface area contributed by atoms with Gasteiger partial charge in [-0.1, -0.05) is 17.7 Å². The molecular weight excluding hydrogens is 268 g/mol. The molecule has 2 rings (SSSR count). The van der Waals surface area contributed by atoms with E-state index in [0.29, 0.717) is 31.9 Å². The highest BCUT2D eigenvalue weighted by atomic mass is 16.5. The molecular formula is C16H24N2O3. The number of benzene rings is 1. The number of nitrogens with zero attached hydrogens (tertiary/aromatic N) is 2. The summed E-state index contributed by atoms with van der Waals surface area (Å²) in [5, 5.41) is 10.1. The molecule has 0 spiro atoms. The molecule has 1 aliphatic heterocycles. The standard InChI is InChI=1S/C16H24N2O3/c1-13-3-5-14(6-4-13)16(20)17(2)11-15(19)12-18-7-9-21-10-8-18/h3-6,15,19H,7-12H2,1-2H3. The van der Waals surface area contributed by atoms with Gasteiger partial charge in [0.2, 0.25) is 0 Å². The van der Waals surface area contributed by atoms with Crippen molar-refractivity contribution in [3.8, 4) is 0 Å². The zero-order valence-corrected chi connectivity index (χ0v) is 12.8. The van der Waals surface area contributed by atoms with Gasteiger partial charge >= 0.3 is 0 Å². The van der Waals surface area contributed by atoms with Crippen LogP contribution >= 0.6 is 0 Å². The minimum atomic E-state index is -0.539. The lowest BCUT2D eigenvalue weighted by Crippen LogP contribution is -2.45. The van der Waals surface area contributed by atoms with Gasteiger partial charge in [0, 0.05) is 38.8 Å². The summed E-state index contributed by atoms with van der Waals surface area (Å²) in [6.45, 7) is 6.01. The second kappa shape index (κ2) is 7.54. The van der Waals surface area contributed by atoms with E-state index >= 15 is 0 Å². The smallest absolute Gasteiger partial charge is 0.253 e. The fourth-order valence-corrected chi connectivity index (χ4v) is 2.46. The molecule has 1 aliphatic rings. The van der Waals surface area contributed by atoms with E-state index in [2.05, 4.69) is 4.90 Å². The lowest BCUT2D eigenvalue weighted by atomic mass is 10.1. The molecule has 116 valence electrons. The summed E-state index contributed by atoms with van der Waals surface area (Å²) < 4.78 is 5.28. The van der Waals surface area contributed by atoms with Crippen molar-refractivity contribution in [2.75, 3.05) is 46.4 Å². The Bertz CT molecular complexity index is 455. The van der Waals surface area contributed by atoms with Crippen molar-refractivity contribution in [1.29, 1.82) is 0 Å². The Balaban J connectivity index is 1.83. The molecule has 1 N–H and O–H groups in total. The van der Waals surface area contributed by atoms with Crippen molar-refractivity contribution in [1.82, 2.24) is 9.80 Å². The minimum absolute atomic E-state index is 0.0592. The van der Waals surface area contributed by atoms with Crippen LogP contribution in [0.5, 0.6) is 0 Å². The normalized spacial score (nSPS) is 17.5. The number of carbonyl (C=O) groups is 1.